The van der Waals surface area contributed by atoms with E-state index in [1.807, 2.05) is 11.0 Å². The molecule has 0 aliphatic carbocycles. The summed E-state index contributed by atoms with van der Waals surface area (Å²) in [5.74, 6) is 0.114. The number of halogens is 2. The summed E-state index contributed by atoms with van der Waals surface area (Å²) in [5.41, 5.74) is 0.952. The molecule has 6 heteroatoms. The molecule has 1 aliphatic rings. The van der Waals surface area contributed by atoms with Crippen molar-refractivity contribution >= 4 is 35.0 Å². The van der Waals surface area contributed by atoms with Gasteiger partial charge in [-0.1, -0.05) is 29.3 Å². The van der Waals surface area contributed by atoms with Crippen LogP contribution < -0.4 is 0 Å². The second-order valence-corrected chi connectivity index (χ2v) is 6.67. The van der Waals surface area contributed by atoms with Crippen molar-refractivity contribution in [2.45, 2.75) is 32.6 Å². The topological polar surface area (TPSA) is 40.6 Å². The summed E-state index contributed by atoms with van der Waals surface area (Å²) < 4.78 is 0. The van der Waals surface area contributed by atoms with E-state index in [9.17, 15) is 9.59 Å². The second kappa shape index (κ2) is 8.55. The highest BCUT2D eigenvalue weighted by Gasteiger charge is 2.19. The first-order valence-corrected chi connectivity index (χ1v) is 8.70. The van der Waals surface area contributed by atoms with Crippen molar-refractivity contribution in [1.82, 2.24) is 9.80 Å². The zero-order valence-electron chi connectivity index (χ0n) is 13.4. The van der Waals surface area contributed by atoms with Gasteiger partial charge in [0.2, 0.25) is 11.8 Å². The zero-order valence-corrected chi connectivity index (χ0v) is 14.9. The van der Waals surface area contributed by atoms with Crippen LogP contribution in [-0.2, 0) is 16.0 Å². The molecule has 2 rings (SSSR count). The van der Waals surface area contributed by atoms with Crippen LogP contribution in [0.1, 0.15) is 31.7 Å². The Morgan fingerprint density at radius 1 is 1.17 bits per heavy atom. The van der Waals surface area contributed by atoms with Crippen molar-refractivity contribution in [1.29, 1.82) is 0 Å². The molecule has 0 unspecified atom stereocenters. The highest BCUT2D eigenvalue weighted by atomic mass is 35.5. The van der Waals surface area contributed by atoms with Gasteiger partial charge in [-0.15, -0.1) is 0 Å². The van der Waals surface area contributed by atoms with Crippen LogP contribution in [0.5, 0.6) is 0 Å². The highest BCUT2D eigenvalue weighted by Crippen LogP contribution is 2.21. The van der Waals surface area contributed by atoms with Gasteiger partial charge < -0.3 is 9.80 Å². The van der Waals surface area contributed by atoms with Crippen LogP contribution in [0.4, 0.5) is 0 Å². The van der Waals surface area contributed by atoms with E-state index in [0.717, 1.165) is 31.5 Å². The lowest BCUT2D eigenvalue weighted by molar-refractivity contribution is -0.132. The molecule has 1 aliphatic heterocycles. The van der Waals surface area contributed by atoms with Gasteiger partial charge in [0.15, 0.2) is 0 Å². The van der Waals surface area contributed by atoms with Crippen LogP contribution >= 0.6 is 23.2 Å². The number of benzene rings is 1. The first kappa shape index (κ1) is 18.1. The summed E-state index contributed by atoms with van der Waals surface area (Å²) >= 11 is 12.0. The molecule has 0 bridgehead atoms. The van der Waals surface area contributed by atoms with Gasteiger partial charge in [-0.2, -0.15) is 0 Å². The van der Waals surface area contributed by atoms with E-state index < -0.39 is 0 Å². The van der Waals surface area contributed by atoms with Crippen molar-refractivity contribution < 1.29 is 9.59 Å². The largest absolute Gasteiger partial charge is 0.343 e. The minimum Gasteiger partial charge on any atom is -0.343 e. The normalized spacial score (nSPS) is 14.1. The fourth-order valence-corrected chi connectivity index (χ4v) is 3.26. The van der Waals surface area contributed by atoms with E-state index in [4.69, 9.17) is 23.2 Å². The maximum absolute atomic E-state index is 12.1. The molecule has 1 saturated heterocycles. The fraction of sp³-hybridized carbons (Fsp3) is 0.529. The average molecular weight is 357 g/mol. The number of hydrogen-bond donors (Lipinski definition) is 0. The molecular formula is C17H22Cl2N2O2. The van der Waals surface area contributed by atoms with Gasteiger partial charge in [-0.25, -0.2) is 0 Å². The van der Waals surface area contributed by atoms with Crippen molar-refractivity contribution in [3.8, 4) is 0 Å². The number of rotatable bonds is 6. The average Bonchev–Trinajstić information content (AvgIpc) is 3.02. The Hall–Kier alpha value is -1.26. The van der Waals surface area contributed by atoms with Crippen LogP contribution in [0.25, 0.3) is 0 Å². The highest BCUT2D eigenvalue weighted by molar-refractivity contribution is 6.35. The van der Waals surface area contributed by atoms with Gasteiger partial charge in [0, 0.05) is 49.6 Å². The van der Waals surface area contributed by atoms with Crippen LogP contribution in [-0.4, -0.2) is 47.8 Å². The molecule has 1 aromatic carbocycles. The molecule has 0 spiro atoms. The molecular weight excluding hydrogens is 335 g/mol. The lowest BCUT2D eigenvalue weighted by Gasteiger charge is -2.23. The Kier molecular flexibility index (Phi) is 6.72. The lowest BCUT2D eigenvalue weighted by Crippen LogP contribution is -2.36. The molecule has 126 valence electrons. The predicted molar refractivity (Wildman–Crippen MR) is 92.9 cm³/mol. The van der Waals surface area contributed by atoms with Crippen LogP contribution in [0.3, 0.4) is 0 Å². The minimum absolute atomic E-state index is 0.0238. The summed E-state index contributed by atoms with van der Waals surface area (Å²) in [6.07, 6.45) is 3.19. The number of carbonyl (C=O) groups excluding carboxylic acids is 2. The van der Waals surface area contributed by atoms with Crippen molar-refractivity contribution in [2.24, 2.45) is 0 Å². The maximum atomic E-state index is 12.1. The molecule has 0 N–H and O–H groups in total. The first-order valence-electron chi connectivity index (χ1n) is 7.94. The van der Waals surface area contributed by atoms with E-state index >= 15 is 0 Å². The van der Waals surface area contributed by atoms with E-state index in [2.05, 4.69) is 0 Å². The third kappa shape index (κ3) is 5.40. The molecule has 0 atom stereocenters. The van der Waals surface area contributed by atoms with Crippen LogP contribution in [0.2, 0.25) is 10.0 Å². The number of hydrogen-bond acceptors (Lipinski definition) is 2. The monoisotopic (exact) mass is 356 g/mol. The second-order valence-electron chi connectivity index (χ2n) is 5.83. The Bertz CT molecular complexity index is 572. The van der Waals surface area contributed by atoms with E-state index in [1.54, 1.807) is 17.0 Å². The number of nitrogens with zero attached hydrogens (tertiary/aromatic N) is 2. The lowest BCUT2D eigenvalue weighted by atomic mass is 10.1. The Labute approximate surface area is 147 Å². The number of carbonyl (C=O) groups is 2. The fourth-order valence-electron chi connectivity index (χ4n) is 2.76. The summed E-state index contributed by atoms with van der Waals surface area (Å²) in [4.78, 5) is 27.5. The van der Waals surface area contributed by atoms with Gasteiger partial charge in [-0.3, -0.25) is 9.59 Å². The summed E-state index contributed by atoms with van der Waals surface area (Å²) in [6.45, 7) is 4.22. The molecule has 2 amide bonds. The van der Waals surface area contributed by atoms with Crippen LogP contribution in [0.15, 0.2) is 18.2 Å². The Morgan fingerprint density at radius 2 is 1.87 bits per heavy atom. The standard InChI is InChI=1S/C17H22Cl2N2O2/c1-13(22)20(11-7-17(23)21-8-2-3-9-21)10-6-14-4-5-15(18)12-16(14)19/h4-5,12H,2-3,6-11H2,1H3. The molecule has 4 nitrogen and oxygen atoms in total. The minimum atomic E-state index is -0.0238. The van der Waals surface area contributed by atoms with Crippen molar-refractivity contribution in [3.63, 3.8) is 0 Å². The van der Waals surface area contributed by atoms with Crippen molar-refractivity contribution in [3.05, 3.63) is 33.8 Å². The molecule has 1 heterocycles. The first-order chi connectivity index (χ1) is 11.0. The Morgan fingerprint density at radius 3 is 2.48 bits per heavy atom. The summed E-state index contributed by atoms with van der Waals surface area (Å²) in [7, 11) is 0. The number of likely N-dealkylation sites (tertiary alicyclic amines) is 1. The molecule has 0 saturated carbocycles. The molecule has 0 aromatic heterocycles. The smallest absolute Gasteiger partial charge is 0.224 e. The summed E-state index contributed by atoms with van der Waals surface area (Å²) in [5, 5.41) is 1.20. The summed E-state index contributed by atoms with van der Waals surface area (Å²) in [6, 6.07) is 5.36. The van der Waals surface area contributed by atoms with Gasteiger partial charge in [0.1, 0.15) is 0 Å². The van der Waals surface area contributed by atoms with Crippen molar-refractivity contribution in [2.75, 3.05) is 26.2 Å². The maximum Gasteiger partial charge on any atom is 0.224 e. The third-order valence-electron chi connectivity index (χ3n) is 4.17. The van der Waals surface area contributed by atoms with E-state index in [-0.39, 0.29) is 11.8 Å². The van der Waals surface area contributed by atoms with Gasteiger partial charge in [0.25, 0.3) is 0 Å². The molecule has 0 radical (unpaired) electrons. The molecule has 23 heavy (non-hydrogen) atoms. The van der Waals surface area contributed by atoms with E-state index in [1.165, 1.54) is 6.92 Å². The van der Waals surface area contributed by atoms with Crippen LogP contribution in [0, 0.1) is 0 Å². The SMILES string of the molecule is CC(=O)N(CCC(=O)N1CCCC1)CCc1ccc(Cl)cc1Cl. The number of amides is 2. The Balaban J connectivity index is 1.86. The van der Waals surface area contributed by atoms with E-state index in [0.29, 0.717) is 36.0 Å². The predicted octanol–water partition coefficient (Wildman–Crippen LogP) is 3.40. The molecule has 1 aromatic rings. The zero-order chi connectivity index (χ0) is 16.8. The van der Waals surface area contributed by atoms with Gasteiger partial charge in [-0.05, 0) is 37.0 Å². The van der Waals surface area contributed by atoms with Gasteiger partial charge >= 0.3 is 0 Å². The molecule has 1 fully saturated rings. The third-order valence-corrected chi connectivity index (χ3v) is 4.75. The van der Waals surface area contributed by atoms with Gasteiger partial charge in [0.05, 0.1) is 0 Å². The quantitative estimate of drug-likeness (QED) is 0.783.